The lowest BCUT2D eigenvalue weighted by Gasteiger charge is -2.18. The van der Waals surface area contributed by atoms with Crippen LogP contribution in [0.25, 0.3) is 22.5 Å². The van der Waals surface area contributed by atoms with Crippen LogP contribution in [0.5, 0.6) is 5.75 Å². The second-order valence-corrected chi connectivity index (χ2v) is 10.8. The molecule has 0 aliphatic heterocycles. The van der Waals surface area contributed by atoms with Gasteiger partial charge in [0.2, 0.25) is 5.67 Å². The highest BCUT2D eigenvalue weighted by Crippen LogP contribution is 2.32. The Labute approximate surface area is 234 Å². The van der Waals surface area contributed by atoms with E-state index in [0.29, 0.717) is 18.0 Å². The van der Waals surface area contributed by atoms with E-state index in [1.54, 1.807) is 12.1 Å². The Morgan fingerprint density at radius 1 is 0.769 bits per heavy atom. The molecule has 39 heavy (non-hydrogen) atoms. The molecule has 1 atom stereocenters. The van der Waals surface area contributed by atoms with Crippen LogP contribution in [0.2, 0.25) is 0 Å². The first-order valence-corrected chi connectivity index (χ1v) is 14.9. The molecule has 0 saturated carbocycles. The van der Waals surface area contributed by atoms with Gasteiger partial charge in [-0.1, -0.05) is 108 Å². The molecule has 0 spiro atoms. The van der Waals surface area contributed by atoms with Gasteiger partial charge in [0.05, 0.1) is 0 Å². The van der Waals surface area contributed by atoms with E-state index < -0.39 is 11.6 Å². The van der Waals surface area contributed by atoms with Crippen molar-refractivity contribution in [3.8, 4) is 28.3 Å². The van der Waals surface area contributed by atoms with Crippen LogP contribution >= 0.6 is 0 Å². The summed E-state index contributed by atoms with van der Waals surface area (Å²) in [6, 6.07) is 15.2. The molecule has 0 aliphatic rings. The van der Waals surface area contributed by atoms with E-state index >= 15 is 0 Å². The SMILES string of the molecule is CCCCCCCCc1cnc(-c2ccccc2-c2ccc(OC(=O)C(C)(F)CCCCCCC)cc2)nc1. The molecule has 5 heteroatoms. The molecule has 2 aromatic carbocycles. The molecule has 0 saturated heterocycles. The largest absolute Gasteiger partial charge is 0.424 e. The topological polar surface area (TPSA) is 52.1 Å². The van der Waals surface area contributed by atoms with Crippen LogP contribution in [-0.2, 0) is 11.2 Å². The number of halogens is 1. The van der Waals surface area contributed by atoms with E-state index in [2.05, 4.69) is 23.8 Å². The van der Waals surface area contributed by atoms with Crippen LogP contribution in [-0.4, -0.2) is 21.6 Å². The van der Waals surface area contributed by atoms with Crippen molar-refractivity contribution < 1.29 is 13.9 Å². The van der Waals surface area contributed by atoms with E-state index in [4.69, 9.17) is 4.74 Å². The standard InChI is InChI=1S/C34H45FN2O2/c1-4-6-8-10-11-13-17-27-25-36-32(37-26-27)31-19-15-14-18-30(31)28-20-22-29(23-21-28)39-33(38)34(3,35)24-16-12-9-7-5-2/h14-15,18-23,25-26H,4-13,16-17,24H2,1-3H3. The number of nitrogens with zero attached hydrogens (tertiary/aromatic N) is 2. The minimum absolute atomic E-state index is 0.179. The summed E-state index contributed by atoms with van der Waals surface area (Å²) in [5.41, 5.74) is 2.05. The first-order chi connectivity index (χ1) is 18.9. The number of esters is 1. The number of hydrogen-bond acceptors (Lipinski definition) is 4. The number of aromatic nitrogens is 2. The first kappa shape index (κ1) is 30.5. The van der Waals surface area contributed by atoms with Crippen LogP contribution in [0.4, 0.5) is 4.39 Å². The van der Waals surface area contributed by atoms with Gasteiger partial charge in [0, 0.05) is 18.0 Å². The molecule has 4 nitrogen and oxygen atoms in total. The number of hydrogen-bond donors (Lipinski definition) is 0. The highest BCUT2D eigenvalue weighted by atomic mass is 19.1. The molecular weight excluding hydrogens is 487 g/mol. The van der Waals surface area contributed by atoms with Crippen molar-refractivity contribution in [3.63, 3.8) is 0 Å². The molecule has 0 amide bonds. The summed E-state index contributed by atoms with van der Waals surface area (Å²) in [7, 11) is 0. The van der Waals surface area contributed by atoms with Gasteiger partial charge in [0.1, 0.15) is 5.75 Å². The molecule has 0 fully saturated rings. The first-order valence-electron chi connectivity index (χ1n) is 14.9. The van der Waals surface area contributed by atoms with Crippen molar-refractivity contribution in [2.75, 3.05) is 0 Å². The fourth-order valence-corrected chi connectivity index (χ4v) is 4.74. The predicted octanol–water partition coefficient (Wildman–Crippen LogP) is 9.71. The van der Waals surface area contributed by atoms with E-state index in [1.807, 2.05) is 48.8 Å². The Morgan fingerprint density at radius 2 is 1.33 bits per heavy atom. The third kappa shape index (κ3) is 9.87. The molecule has 1 aromatic heterocycles. The Balaban J connectivity index is 1.60. The zero-order valence-electron chi connectivity index (χ0n) is 24.1. The van der Waals surface area contributed by atoms with Crippen LogP contribution in [0.15, 0.2) is 60.9 Å². The fourth-order valence-electron chi connectivity index (χ4n) is 4.74. The normalized spacial score (nSPS) is 12.7. The number of rotatable bonds is 17. The Hall–Kier alpha value is -3.08. The maximum atomic E-state index is 14.9. The van der Waals surface area contributed by atoms with Gasteiger partial charge in [-0.25, -0.2) is 19.2 Å². The summed E-state index contributed by atoms with van der Waals surface area (Å²) in [5.74, 6) is 0.187. The number of unbranched alkanes of at least 4 members (excludes halogenated alkanes) is 9. The Morgan fingerprint density at radius 3 is 1.97 bits per heavy atom. The van der Waals surface area contributed by atoms with Crippen molar-refractivity contribution >= 4 is 5.97 Å². The molecule has 0 radical (unpaired) electrons. The Bertz CT molecular complexity index is 1130. The zero-order chi connectivity index (χ0) is 27.9. The number of benzene rings is 2. The average Bonchev–Trinajstić information content (AvgIpc) is 2.95. The molecule has 3 aromatic rings. The minimum Gasteiger partial charge on any atom is -0.424 e. The lowest BCUT2D eigenvalue weighted by atomic mass is 9.98. The van der Waals surface area contributed by atoms with Gasteiger partial charge in [-0.05, 0) is 61.4 Å². The third-order valence-electron chi connectivity index (χ3n) is 7.24. The van der Waals surface area contributed by atoms with Crippen molar-refractivity contribution in [2.45, 2.75) is 110 Å². The molecule has 3 rings (SSSR count). The van der Waals surface area contributed by atoms with Crippen molar-refractivity contribution in [1.82, 2.24) is 9.97 Å². The number of carbonyl (C=O) groups excluding carboxylic acids is 1. The van der Waals surface area contributed by atoms with E-state index in [1.165, 1.54) is 51.0 Å². The third-order valence-corrected chi connectivity index (χ3v) is 7.24. The lowest BCUT2D eigenvalue weighted by Crippen LogP contribution is -2.34. The summed E-state index contributed by atoms with van der Waals surface area (Å²) < 4.78 is 20.3. The number of alkyl halides is 1. The second-order valence-electron chi connectivity index (χ2n) is 10.8. The van der Waals surface area contributed by atoms with E-state index in [0.717, 1.165) is 48.8 Å². The summed E-state index contributed by atoms with van der Waals surface area (Å²) in [6.07, 6.45) is 17.6. The molecular formula is C34H45FN2O2. The maximum absolute atomic E-state index is 14.9. The van der Waals surface area contributed by atoms with Gasteiger partial charge in [0.15, 0.2) is 5.82 Å². The number of carbonyl (C=O) groups is 1. The molecule has 0 bridgehead atoms. The molecule has 0 N–H and O–H groups in total. The number of ether oxygens (including phenoxy) is 1. The Kier molecular flexibility index (Phi) is 12.6. The van der Waals surface area contributed by atoms with Crippen molar-refractivity contribution in [3.05, 3.63) is 66.5 Å². The van der Waals surface area contributed by atoms with Crippen LogP contribution in [0.1, 0.15) is 103 Å². The predicted molar refractivity (Wildman–Crippen MR) is 159 cm³/mol. The second kappa shape index (κ2) is 16.1. The highest BCUT2D eigenvalue weighted by molar-refractivity contribution is 5.82. The van der Waals surface area contributed by atoms with Crippen LogP contribution in [0, 0.1) is 0 Å². The summed E-state index contributed by atoms with van der Waals surface area (Å²) in [4.78, 5) is 21.8. The minimum atomic E-state index is -1.99. The number of aryl methyl sites for hydroxylation is 1. The summed E-state index contributed by atoms with van der Waals surface area (Å²) in [5, 5.41) is 0. The van der Waals surface area contributed by atoms with Gasteiger partial charge < -0.3 is 4.74 Å². The smallest absolute Gasteiger partial charge is 0.348 e. The van der Waals surface area contributed by atoms with E-state index in [-0.39, 0.29) is 6.42 Å². The average molecular weight is 533 g/mol. The highest BCUT2D eigenvalue weighted by Gasteiger charge is 2.34. The molecule has 210 valence electrons. The lowest BCUT2D eigenvalue weighted by molar-refractivity contribution is -0.147. The van der Waals surface area contributed by atoms with Crippen molar-refractivity contribution in [1.29, 1.82) is 0 Å². The van der Waals surface area contributed by atoms with E-state index in [9.17, 15) is 9.18 Å². The summed E-state index contributed by atoms with van der Waals surface area (Å²) >= 11 is 0. The summed E-state index contributed by atoms with van der Waals surface area (Å²) in [6.45, 7) is 5.70. The van der Waals surface area contributed by atoms with Crippen molar-refractivity contribution in [2.24, 2.45) is 0 Å². The monoisotopic (exact) mass is 532 g/mol. The van der Waals surface area contributed by atoms with Gasteiger partial charge in [-0.15, -0.1) is 0 Å². The van der Waals surface area contributed by atoms with Gasteiger partial charge in [-0.2, -0.15) is 0 Å². The molecule has 0 aliphatic carbocycles. The van der Waals surface area contributed by atoms with Gasteiger partial charge in [0.25, 0.3) is 0 Å². The fraction of sp³-hybridized carbons (Fsp3) is 0.500. The van der Waals surface area contributed by atoms with Gasteiger partial charge >= 0.3 is 5.97 Å². The quantitative estimate of drug-likeness (QED) is 0.0986. The van der Waals surface area contributed by atoms with Crippen LogP contribution < -0.4 is 4.74 Å². The van der Waals surface area contributed by atoms with Crippen LogP contribution in [0.3, 0.4) is 0 Å². The molecule has 1 heterocycles. The zero-order valence-corrected chi connectivity index (χ0v) is 24.1. The maximum Gasteiger partial charge on any atom is 0.348 e. The molecule has 1 unspecified atom stereocenters. The van der Waals surface area contributed by atoms with Gasteiger partial charge in [-0.3, -0.25) is 0 Å².